The van der Waals surface area contributed by atoms with Gasteiger partial charge in [0.05, 0.1) is 0 Å². The van der Waals surface area contributed by atoms with Crippen LogP contribution in [0.1, 0.15) is 64.7 Å². The van der Waals surface area contributed by atoms with Gasteiger partial charge in [-0.25, -0.2) is 0 Å². The number of rotatable bonds is 7. The van der Waals surface area contributed by atoms with Gasteiger partial charge in [0.1, 0.15) is 0 Å². The third kappa shape index (κ3) is 4.59. The molecule has 23 heavy (non-hydrogen) atoms. The average Bonchev–Trinajstić information content (AvgIpc) is 3.23. The fourth-order valence-corrected chi connectivity index (χ4v) is 4.53. The second-order valence-electron chi connectivity index (χ2n) is 7.47. The Hall–Kier alpha value is -1.30. The molecule has 0 bridgehead atoms. The van der Waals surface area contributed by atoms with Gasteiger partial charge >= 0.3 is 0 Å². The smallest absolute Gasteiger partial charge is 0.00995 e. The minimum Gasteiger partial charge on any atom is -0.0917 e. The zero-order valence-corrected chi connectivity index (χ0v) is 14.7. The summed E-state index contributed by atoms with van der Waals surface area (Å²) in [6.07, 6.45) is 30.8. The Morgan fingerprint density at radius 2 is 2.17 bits per heavy atom. The van der Waals surface area contributed by atoms with Crippen LogP contribution in [0, 0.1) is 17.8 Å². The largest absolute Gasteiger partial charge is 0.0917 e. The molecule has 0 N–H and O–H groups in total. The van der Waals surface area contributed by atoms with Crippen LogP contribution >= 0.6 is 0 Å². The van der Waals surface area contributed by atoms with Gasteiger partial charge < -0.3 is 0 Å². The number of hydrogen-bond donors (Lipinski definition) is 0. The van der Waals surface area contributed by atoms with Crippen LogP contribution in [0.4, 0.5) is 0 Å². The van der Waals surface area contributed by atoms with Crippen molar-refractivity contribution in [2.24, 2.45) is 17.8 Å². The van der Waals surface area contributed by atoms with Gasteiger partial charge in [0.25, 0.3) is 0 Å². The van der Waals surface area contributed by atoms with Gasteiger partial charge in [-0.3, -0.25) is 0 Å². The summed E-state index contributed by atoms with van der Waals surface area (Å²) >= 11 is 0. The van der Waals surface area contributed by atoms with E-state index in [-0.39, 0.29) is 0 Å². The maximum absolute atomic E-state index is 2.67. The predicted octanol–water partition coefficient (Wildman–Crippen LogP) is 6.93. The molecule has 3 unspecified atom stereocenters. The fourth-order valence-electron chi connectivity index (χ4n) is 4.53. The van der Waals surface area contributed by atoms with E-state index in [9.17, 15) is 0 Å². The lowest BCUT2D eigenvalue weighted by atomic mass is 9.79. The van der Waals surface area contributed by atoms with Crippen molar-refractivity contribution in [2.45, 2.75) is 64.7 Å². The van der Waals surface area contributed by atoms with E-state index < -0.39 is 0 Å². The van der Waals surface area contributed by atoms with Gasteiger partial charge in [-0.05, 0) is 82.5 Å². The van der Waals surface area contributed by atoms with Crippen molar-refractivity contribution in [3.8, 4) is 0 Å². The lowest BCUT2D eigenvalue weighted by Gasteiger charge is -2.25. The first-order chi connectivity index (χ1) is 11.4. The summed E-state index contributed by atoms with van der Waals surface area (Å²) in [6, 6.07) is 0. The molecule has 0 spiro atoms. The van der Waals surface area contributed by atoms with E-state index >= 15 is 0 Å². The second kappa shape index (κ2) is 8.52. The molecule has 0 radical (unpaired) electrons. The zero-order chi connectivity index (χ0) is 15.9. The van der Waals surface area contributed by atoms with Crippen LogP contribution in [-0.4, -0.2) is 0 Å². The monoisotopic (exact) mass is 308 g/mol. The van der Waals surface area contributed by atoms with Crippen molar-refractivity contribution in [3.05, 3.63) is 59.8 Å². The minimum absolute atomic E-state index is 0.789. The average molecular weight is 309 g/mol. The lowest BCUT2D eigenvalue weighted by Crippen LogP contribution is -2.15. The quantitative estimate of drug-likeness (QED) is 0.353. The van der Waals surface area contributed by atoms with Crippen molar-refractivity contribution in [2.75, 3.05) is 0 Å². The third-order valence-electron chi connectivity index (χ3n) is 5.76. The summed E-state index contributed by atoms with van der Waals surface area (Å²) in [5, 5.41) is 0. The van der Waals surface area contributed by atoms with Crippen LogP contribution in [0.3, 0.4) is 0 Å². The summed E-state index contributed by atoms with van der Waals surface area (Å²) < 4.78 is 0. The molecule has 3 rings (SSSR count). The molecule has 0 aromatic rings. The van der Waals surface area contributed by atoms with Gasteiger partial charge in [-0.2, -0.15) is 0 Å². The molecule has 0 saturated carbocycles. The molecule has 0 aromatic carbocycles. The highest BCUT2D eigenvalue weighted by molar-refractivity contribution is 5.28. The van der Waals surface area contributed by atoms with Gasteiger partial charge in [0.2, 0.25) is 0 Å². The zero-order valence-electron chi connectivity index (χ0n) is 14.7. The molecule has 124 valence electrons. The number of unbranched alkanes of at least 4 members (excludes halogenated alkanes) is 1. The fraction of sp³-hybridized carbons (Fsp3) is 0.565. The molecule has 0 heterocycles. The Morgan fingerprint density at radius 3 is 2.91 bits per heavy atom. The molecule has 3 aliphatic rings. The summed E-state index contributed by atoms with van der Waals surface area (Å²) in [7, 11) is 0. The van der Waals surface area contributed by atoms with Crippen molar-refractivity contribution in [3.63, 3.8) is 0 Å². The third-order valence-corrected chi connectivity index (χ3v) is 5.76. The molecule has 0 fully saturated rings. The molecule has 0 amide bonds. The summed E-state index contributed by atoms with van der Waals surface area (Å²) in [4.78, 5) is 0. The first kappa shape index (κ1) is 16.6. The Bertz CT molecular complexity index is 526. The van der Waals surface area contributed by atoms with Crippen LogP contribution in [0.2, 0.25) is 0 Å². The van der Waals surface area contributed by atoms with E-state index in [1.807, 2.05) is 0 Å². The molecule has 3 atom stereocenters. The van der Waals surface area contributed by atoms with E-state index in [1.165, 1.54) is 57.8 Å². The molecule has 0 nitrogen and oxygen atoms in total. The summed E-state index contributed by atoms with van der Waals surface area (Å²) in [5.41, 5.74) is 3.46. The number of allylic oxidation sites excluding steroid dienone is 10. The molecular weight excluding hydrogens is 276 g/mol. The Morgan fingerprint density at radius 1 is 1.22 bits per heavy atom. The lowest BCUT2D eigenvalue weighted by molar-refractivity contribution is 0.389. The molecule has 3 aliphatic carbocycles. The van der Waals surface area contributed by atoms with Crippen LogP contribution < -0.4 is 0 Å². The normalized spacial score (nSPS) is 30.2. The first-order valence-corrected chi connectivity index (χ1v) is 9.70. The van der Waals surface area contributed by atoms with Crippen molar-refractivity contribution in [1.82, 2.24) is 0 Å². The summed E-state index contributed by atoms with van der Waals surface area (Å²) in [6.45, 7) is 2.12. The SMILES string of the molecule is C/C=C\CCCC1=CC(CC2C=CCC2)C(C2=CC=CCC2)C1. The Kier molecular flexibility index (Phi) is 6.13. The second-order valence-corrected chi connectivity index (χ2v) is 7.47. The van der Waals surface area contributed by atoms with Crippen LogP contribution in [0.5, 0.6) is 0 Å². The molecular formula is C23H32. The van der Waals surface area contributed by atoms with Gasteiger partial charge in [0, 0.05) is 0 Å². The standard InChI is InChI=1S/C23H32/c1-2-3-4-6-13-20-17-22(16-19-11-9-10-12-19)23(18-20)21-14-7-5-8-15-21/h2-3,5,7,9,11,14,17,19,22-23H,4,6,8,10,12-13,15-16,18H2,1H3/b3-2-. The summed E-state index contributed by atoms with van der Waals surface area (Å²) in [5.74, 6) is 2.42. The maximum atomic E-state index is 2.67. The first-order valence-electron chi connectivity index (χ1n) is 9.70. The minimum atomic E-state index is 0.789. The van der Waals surface area contributed by atoms with Gasteiger partial charge in [-0.1, -0.05) is 59.8 Å². The highest BCUT2D eigenvalue weighted by Gasteiger charge is 2.31. The Balaban J connectivity index is 1.63. The predicted molar refractivity (Wildman–Crippen MR) is 101 cm³/mol. The van der Waals surface area contributed by atoms with Crippen molar-refractivity contribution < 1.29 is 0 Å². The van der Waals surface area contributed by atoms with Crippen LogP contribution in [0.15, 0.2) is 59.8 Å². The highest BCUT2D eigenvalue weighted by Crippen LogP contribution is 2.44. The van der Waals surface area contributed by atoms with Crippen LogP contribution in [0.25, 0.3) is 0 Å². The van der Waals surface area contributed by atoms with E-state index in [2.05, 4.69) is 55.5 Å². The van der Waals surface area contributed by atoms with Crippen molar-refractivity contribution >= 4 is 0 Å². The topological polar surface area (TPSA) is 0 Å². The van der Waals surface area contributed by atoms with Crippen LogP contribution in [-0.2, 0) is 0 Å². The molecule has 0 aromatic heterocycles. The van der Waals surface area contributed by atoms with E-state index in [0.29, 0.717) is 0 Å². The maximum Gasteiger partial charge on any atom is -0.00995 e. The van der Waals surface area contributed by atoms with Crippen molar-refractivity contribution in [1.29, 1.82) is 0 Å². The molecule has 0 aliphatic heterocycles. The highest BCUT2D eigenvalue weighted by atomic mass is 14.4. The van der Waals surface area contributed by atoms with E-state index in [1.54, 1.807) is 11.1 Å². The van der Waals surface area contributed by atoms with Gasteiger partial charge in [0.15, 0.2) is 0 Å². The van der Waals surface area contributed by atoms with E-state index in [4.69, 9.17) is 0 Å². The van der Waals surface area contributed by atoms with E-state index in [0.717, 1.165) is 17.8 Å². The number of hydrogen-bond acceptors (Lipinski definition) is 0. The van der Waals surface area contributed by atoms with Gasteiger partial charge in [-0.15, -0.1) is 0 Å². The molecule has 0 saturated heterocycles. The molecule has 0 heteroatoms. The Labute approximate surface area is 142 Å².